The molecule has 0 fully saturated rings. The van der Waals surface area contributed by atoms with Crippen LogP contribution in [-0.4, -0.2) is 19.6 Å². The molecule has 1 amide bonds. The van der Waals surface area contributed by atoms with Gasteiger partial charge in [0.1, 0.15) is 5.75 Å². The molecule has 0 aliphatic heterocycles. The van der Waals surface area contributed by atoms with Gasteiger partial charge < -0.3 is 10.1 Å². The molecule has 3 heteroatoms. The molecule has 1 aromatic carbocycles. The van der Waals surface area contributed by atoms with Gasteiger partial charge in [0.05, 0.1) is 7.11 Å². The van der Waals surface area contributed by atoms with Crippen LogP contribution in [-0.2, 0) is 0 Å². The number of amides is 1. The fourth-order valence-corrected chi connectivity index (χ4v) is 2.50. The fourth-order valence-electron chi connectivity index (χ4n) is 2.50. The molecular formula is C19H31NO2. The molecule has 0 spiro atoms. The van der Waals surface area contributed by atoms with Gasteiger partial charge in [0.15, 0.2) is 0 Å². The first-order chi connectivity index (χ1) is 10.8. The van der Waals surface area contributed by atoms with E-state index in [4.69, 9.17) is 4.74 Å². The first-order valence-electron chi connectivity index (χ1n) is 8.70. The third kappa shape index (κ3) is 8.06. The first-order valence-corrected chi connectivity index (χ1v) is 8.70. The Morgan fingerprint density at radius 3 is 2.27 bits per heavy atom. The number of ether oxygens (including phenoxy) is 1. The van der Waals surface area contributed by atoms with Gasteiger partial charge in [-0.1, -0.05) is 64.4 Å². The standard InChI is InChI=1S/C19H31NO2/c1-3-4-5-6-7-8-9-10-11-15-20-19(21)17-13-12-14-18(16-17)22-2/h12-14,16H,3-11,15H2,1-2H3,(H,20,21). The molecule has 1 rings (SSSR count). The molecule has 0 aromatic heterocycles. The lowest BCUT2D eigenvalue weighted by Crippen LogP contribution is -2.24. The maximum Gasteiger partial charge on any atom is 0.251 e. The number of unbranched alkanes of at least 4 members (excludes halogenated alkanes) is 8. The molecule has 1 N–H and O–H groups in total. The number of methoxy groups -OCH3 is 1. The molecule has 0 saturated heterocycles. The number of carbonyl (C=O) groups excluding carboxylic acids is 1. The van der Waals surface area contributed by atoms with Gasteiger partial charge in [-0.3, -0.25) is 4.79 Å². The van der Waals surface area contributed by atoms with Crippen LogP contribution < -0.4 is 10.1 Å². The van der Waals surface area contributed by atoms with Crippen molar-refractivity contribution in [2.24, 2.45) is 0 Å². The third-order valence-electron chi connectivity index (χ3n) is 3.90. The van der Waals surface area contributed by atoms with E-state index in [1.54, 1.807) is 13.2 Å². The summed E-state index contributed by atoms with van der Waals surface area (Å²) in [5.41, 5.74) is 0.662. The highest BCUT2D eigenvalue weighted by atomic mass is 16.5. The minimum absolute atomic E-state index is 0.0153. The Hall–Kier alpha value is -1.51. The van der Waals surface area contributed by atoms with Gasteiger partial charge in [0.2, 0.25) is 0 Å². The number of carbonyl (C=O) groups is 1. The third-order valence-corrected chi connectivity index (χ3v) is 3.90. The summed E-state index contributed by atoms with van der Waals surface area (Å²) in [6.45, 7) is 3.01. The summed E-state index contributed by atoms with van der Waals surface area (Å²) in [6.07, 6.45) is 11.7. The Bertz CT molecular complexity index is 418. The quantitative estimate of drug-likeness (QED) is 0.554. The van der Waals surface area contributed by atoms with Crippen LogP contribution in [0.5, 0.6) is 5.75 Å². The van der Waals surface area contributed by atoms with Crippen LogP contribution in [0.25, 0.3) is 0 Å². The van der Waals surface area contributed by atoms with Crippen LogP contribution in [0.15, 0.2) is 24.3 Å². The van der Waals surface area contributed by atoms with Crippen molar-refractivity contribution in [1.82, 2.24) is 5.32 Å². The van der Waals surface area contributed by atoms with E-state index in [0.717, 1.165) is 18.7 Å². The highest BCUT2D eigenvalue weighted by molar-refractivity contribution is 5.94. The number of hydrogen-bond acceptors (Lipinski definition) is 2. The van der Waals surface area contributed by atoms with Crippen molar-refractivity contribution in [2.45, 2.75) is 64.7 Å². The van der Waals surface area contributed by atoms with Crippen LogP contribution in [0.1, 0.15) is 75.1 Å². The molecular weight excluding hydrogens is 274 g/mol. The molecule has 1 aromatic rings. The van der Waals surface area contributed by atoms with E-state index < -0.39 is 0 Å². The second-order valence-electron chi connectivity index (χ2n) is 5.82. The number of hydrogen-bond donors (Lipinski definition) is 1. The Balaban J connectivity index is 2.03. The van der Waals surface area contributed by atoms with Gasteiger partial charge >= 0.3 is 0 Å². The van der Waals surface area contributed by atoms with Crippen molar-refractivity contribution in [3.63, 3.8) is 0 Å². The zero-order chi connectivity index (χ0) is 16.0. The zero-order valence-electron chi connectivity index (χ0n) is 14.2. The summed E-state index contributed by atoms with van der Waals surface area (Å²) < 4.78 is 5.13. The van der Waals surface area contributed by atoms with Crippen LogP contribution in [0.2, 0.25) is 0 Å². The summed E-state index contributed by atoms with van der Waals surface area (Å²) in [4.78, 5) is 12.0. The number of benzene rings is 1. The molecule has 0 heterocycles. The van der Waals surface area contributed by atoms with Crippen molar-refractivity contribution in [1.29, 1.82) is 0 Å². The Morgan fingerprint density at radius 2 is 1.64 bits per heavy atom. The lowest BCUT2D eigenvalue weighted by atomic mass is 10.1. The monoisotopic (exact) mass is 305 g/mol. The molecule has 3 nitrogen and oxygen atoms in total. The van der Waals surface area contributed by atoms with Gasteiger partial charge in [-0.15, -0.1) is 0 Å². The van der Waals surface area contributed by atoms with Crippen molar-refractivity contribution in [3.05, 3.63) is 29.8 Å². The lowest BCUT2D eigenvalue weighted by Gasteiger charge is -2.07. The van der Waals surface area contributed by atoms with Gasteiger partial charge in [-0.2, -0.15) is 0 Å². The molecule has 0 aliphatic carbocycles. The average Bonchev–Trinajstić information content (AvgIpc) is 2.56. The first kappa shape index (κ1) is 18.5. The molecule has 124 valence electrons. The second kappa shape index (κ2) is 12.1. The van der Waals surface area contributed by atoms with Crippen molar-refractivity contribution in [3.8, 4) is 5.75 Å². The van der Waals surface area contributed by atoms with Crippen LogP contribution in [0, 0.1) is 0 Å². The topological polar surface area (TPSA) is 38.3 Å². The smallest absolute Gasteiger partial charge is 0.251 e. The van der Waals surface area contributed by atoms with Crippen LogP contribution in [0.4, 0.5) is 0 Å². The number of rotatable bonds is 12. The minimum Gasteiger partial charge on any atom is -0.497 e. The predicted octanol–water partition coefficient (Wildman–Crippen LogP) is 4.96. The highest BCUT2D eigenvalue weighted by Gasteiger charge is 2.05. The zero-order valence-corrected chi connectivity index (χ0v) is 14.2. The normalized spacial score (nSPS) is 10.5. The van der Waals surface area contributed by atoms with Crippen molar-refractivity contribution in [2.75, 3.05) is 13.7 Å². The number of nitrogens with one attached hydrogen (secondary N) is 1. The van der Waals surface area contributed by atoms with E-state index >= 15 is 0 Å². The fraction of sp³-hybridized carbons (Fsp3) is 0.632. The summed E-state index contributed by atoms with van der Waals surface area (Å²) >= 11 is 0. The van der Waals surface area contributed by atoms with Crippen LogP contribution >= 0.6 is 0 Å². The lowest BCUT2D eigenvalue weighted by molar-refractivity contribution is 0.0952. The molecule has 0 aliphatic rings. The maximum atomic E-state index is 12.0. The largest absolute Gasteiger partial charge is 0.497 e. The molecule has 0 unspecified atom stereocenters. The van der Waals surface area contributed by atoms with E-state index in [-0.39, 0.29) is 5.91 Å². The Kier molecular flexibility index (Phi) is 10.2. The van der Waals surface area contributed by atoms with E-state index in [0.29, 0.717) is 5.56 Å². The highest BCUT2D eigenvalue weighted by Crippen LogP contribution is 2.12. The molecule has 0 saturated carbocycles. The van der Waals surface area contributed by atoms with E-state index in [2.05, 4.69) is 12.2 Å². The van der Waals surface area contributed by atoms with Crippen molar-refractivity contribution < 1.29 is 9.53 Å². The maximum absolute atomic E-state index is 12.0. The van der Waals surface area contributed by atoms with Crippen LogP contribution in [0.3, 0.4) is 0 Å². The summed E-state index contributed by atoms with van der Waals surface area (Å²) in [5, 5.41) is 2.97. The summed E-state index contributed by atoms with van der Waals surface area (Å²) in [5.74, 6) is 0.703. The Labute approximate surface area is 135 Å². The Morgan fingerprint density at radius 1 is 1.00 bits per heavy atom. The molecule has 0 bridgehead atoms. The van der Waals surface area contributed by atoms with Gasteiger partial charge in [0.25, 0.3) is 5.91 Å². The van der Waals surface area contributed by atoms with E-state index in [9.17, 15) is 4.79 Å². The van der Waals surface area contributed by atoms with Gasteiger partial charge in [-0.05, 0) is 24.6 Å². The van der Waals surface area contributed by atoms with Gasteiger partial charge in [0, 0.05) is 12.1 Å². The van der Waals surface area contributed by atoms with E-state index in [1.165, 1.54) is 51.4 Å². The molecule has 22 heavy (non-hydrogen) atoms. The minimum atomic E-state index is -0.0153. The SMILES string of the molecule is CCCCCCCCCCCNC(=O)c1cccc(OC)c1. The molecule has 0 atom stereocenters. The second-order valence-corrected chi connectivity index (χ2v) is 5.82. The van der Waals surface area contributed by atoms with Crippen molar-refractivity contribution >= 4 is 5.91 Å². The predicted molar refractivity (Wildman–Crippen MR) is 92.6 cm³/mol. The van der Waals surface area contributed by atoms with E-state index in [1.807, 2.05) is 18.2 Å². The molecule has 0 radical (unpaired) electrons. The summed E-state index contributed by atoms with van der Waals surface area (Å²) in [6, 6.07) is 7.27. The summed E-state index contributed by atoms with van der Waals surface area (Å²) in [7, 11) is 1.61. The average molecular weight is 305 g/mol. The van der Waals surface area contributed by atoms with Gasteiger partial charge in [-0.25, -0.2) is 0 Å².